The summed E-state index contributed by atoms with van der Waals surface area (Å²) in [5.41, 5.74) is 4.66. The lowest BCUT2D eigenvalue weighted by Crippen LogP contribution is -2.38. The molecule has 0 saturated carbocycles. The fourth-order valence-corrected chi connectivity index (χ4v) is 1.08. The molecule has 7 heteroatoms. The summed E-state index contributed by atoms with van der Waals surface area (Å²) in [5.74, 6) is -1.96. The molecule has 0 unspecified atom stereocenters. The molecule has 0 aliphatic rings. The largest absolute Gasteiger partial charge is 0.480 e. The van der Waals surface area contributed by atoms with Crippen LogP contribution in [0.5, 0.6) is 5.75 Å². The zero-order valence-corrected chi connectivity index (χ0v) is 8.60. The van der Waals surface area contributed by atoms with Gasteiger partial charge in [0.2, 0.25) is 0 Å². The highest BCUT2D eigenvalue weighted by Gasteiger charge is 2.12. The summed E-state index contributed by atoms with van der Waals surface area (Å²) in [7, 11) is 0. The van der Waals surface area contributed by atoms with Gasteiger partial charge in [-0.1, -0.05) is 6.07 Å². The molecular weight excluding hydrogens is 231 g/mol. The van der Waals surface area contributed by atoms with Gasteiger partial charge in [-0.15, -0.1) is 0 Å². The van der Waals surface area contributed by atoms with Gasteiger partial charge in [-0.3, -0.25) is 14.9 Å². The summed E-state index contributed by atoms with van der Waals surface area (Å²) >= 11 is 0. The Balaban J connectivity index is 2.72. The number of nitrogens with two attached hydrogens (primary N) is 1. The van der Waals surface area contributed by atoms with Crippen LogP contribution in [-0.2, 0) is 4.79 Å². The Morgan fingerprint density at radius 1 is 1.47 bits per heavy atom. The Kier molecular flexibility index (Phi) is 4.15. The highest BCUT2D eigenvalue weighted by atomic mass is 19.1. The van der Waals surface area contributed by atoms with E-state index in [4.69, 9.17) is 10.5 Å². The van der Waals surface area contributed by atoms with Crippen molar-refractivity contribution in [3.8, 4) is 5.75 Å². The van der Waals surface area contributed by atoms with Crippen molar-refractivity contribution in [2.24, 2.45) is 5.73 Å². The lowest BCUT2D eigenvalue weighted by molar-refractivity contribution is -0.122. The van der Waals surface area contributed by atoms with Gasteiger partial charge in [0.05, 0.1) is 5.56 Å². The lowest BCUT2D eigenvalue weighted by Gasteiger charge is -2.08. The SMILES string of the molecule is NC(=O)NC(=O)COc1c(F)cccc1C=O. The summed E-state index contributed by atoms with van der Waals surface area (Å²) in [6.07, 6.45) is 0.393. The van der Waals surface area contributed by atoms with E-state index in [0.717, 1.165) is 6.07 Å². The molecule has 0 spiro atoms. The first-order chi connectivity index (χ1) is 8.04. The van der Waals surface area contributed by atoms with Crippen LogP contribution in [0.3, 0.4) is 0 Å². The molecule has 0 fully saturated rings. The smallest absolute Gasteiger partial charge is 0.318 e. The number of aldehydes is 1. The quantitative estimate of drug-likeness (QED) is 0.735. The maximum Gasteiger partial charge on any atom is 0.318 e. The molecule has 0 aromatic heterocycles. The predicted molar refractivity (Wildman–Crippen MR) is 55.0 cm³/mol. The molecule has 0 aliphatic carbocycles. The van der Waals surface area contributed by atoms with E-state index in [1.165, 1.54) is 12.1 Å². The molecule has 17 heavy (non-hydrogen) atoms. The number of para-hydroxylation sites is 1. The molecule has 0 radical (unpaired) electrons. The van der Waals surface area contributed by atoms with E-state index in [2.05, 4.69) is 0 Å². The Bertz CT molecular complexity index is 462. The van der Waals surface area contributed by atoms with Crippen LogP contribution in [0.4, 0.5) is 9.18 Å². The van der Waals surface area contributed by atoms with Crippen LogP contribution in [0.25, 0.3) is 0 Å². The van der Waals surface area contributed by atoms with Crippen LogP contribution in [-0.4, -0.2) is 24.8 Å². The van der Waals surface area contributed by atoms with Crippen molar-refractivity contribution in [2.75, 3.05) is 6.61 Å². The van der Waals surface area contributed by atoms with Crippen molar-refractivity contribution in [2.45, 2.75) is 0 Å². The normalized spacial score (nSPS) is 9.47. The second-order valence-electron chi connectivity index (χ2n) is 2.98. The third kappa shape index (κ3) is 3.56. The van der Waals surface area contributed by atoms with E-state index in [-0.39, 0.29) is 11.3 Å². The van der Waals surface area contributed by atoms with Crippen molar-refractivity contribution in [1.29, 1.82) is 0 Å². The van der Waals surface area contributed by atoms with Crippen molar-refractivity contribution in [3.63, 3.8) is 0 Å². The molecule has 1 rings (SSSR count). The van der Waals surface area contributed by atoms with Crippen molar-refractivity contribution < 1.29 is 23.5 Å². The van der Waals surface area contributed by atoms with Gasteiger partial charge in [0, 0.05) is 0 Å². The highest BCUT2D eigenvalue weighted by Crippen LogP contribution is 2.20. The number of halogens is 1. The van der Waals surface area contributed by atoms with Crippen LogP contribution in [0.2, 0.25) is 0 Å². The minimum atomic E-state index is -1.04. The summed E-state index contributed by atoms with van der Waals surface area (Å²) in [6.45, 7) is -0.620. The predicted octanol–water partition coefficient (Wildman–Crippen LogP) is 0.212. The summed E-state index contributed by atoms with van der Waals surface area (Å²) in [6, 6.07) is 2.70. The molecule has 3 amide bonds. The minimum Gasteiger partial charge on any atom is -0.480 e. The first kappa shape index (κ1) is 12.6. The fourth-order valence-electron chi connectivity index (χ4n) is 1.08. The summed E-state index contributed by atoms with van der Waals surface area (Å²) in [4.78, 5) is 31.9. The number of hydrogen-bond donors (Lipinski definition) is 2. The maximum atomic E-state index is 13.2. The van der Waals surface area contributed by atoms with Gasteiger partial charge >= 0.3 is 6.03 Å². The minimum absolute atomic E-state index is 0.0307. The highest BCUT2D eigenvalue weighted by molar-refractivity contribution is 5.94. The van der Waals surface area contributed by atoms with Gasteiger partial charge in [0.25, 0.3) is 5.91 Å². The zero-order chi connectivity index (χ0) is 12.8. The molecule has 0 atom stereocenters. The number of primary amides is 1. The number of ether oxygens (including phenoxy) is 1. The first-order valence-corrected chi connectivity index (χ1v) is 4.50. The maximum absolute atomic E-state index is 13.2. The van der Waals surface area contributed by atoms with Crippen molar-refractivity contribution >= 4 is 18.2 Å². The second kappa shape index (κ2) is 5.59. The topological polar surface area (TPSA) is 98.5 Å². The van der Waals surface area contributed by atoms with E-state index >= 15 is 0 Å². The molecule has 0 aliphatic heterocycles. The van der Waals surface area contributed by atoms with E-state index in [1.54, 1.807) is 5.32 Å². The van der Waals surface area contributed by atoms with Crippen LogP contribution in [0.15, 0.2) is 18.2 Å². The van der Waals surface area contributed by atoms with Gasteiger partial charge in [-0.2, -0.15) is 0 Å². The average molecular weight is 240 g/mol. The number of imide groups is 1. The number of urea groups is 1. The number of carbonyl (C=O) groups excluding carboxylic acids is 3. The fraction of sp³-hybridized carbons (Fsp3) is 0.100. The number of nitrogens with one attached hydrogen (secondary N) is 1. The van der Waals surface area contributed by atoms with Crippen LogP contribution < -0.4 is 15.8 Å². The monoisotopic (exact) mass is 240 g/mol. The van der Waals surface area contributed by atoms with E-state index in [0.29, 0.717) is 6.29 Å². The van der Waals surface area contributed by atoms with Crippen LogP contribution in [0, 0.1) is 5.82 Å². The molecule has 0 heterocycles. The van der Waals surface area contributed by atoms with Crippen LogP contribution >= 0.6 is 0 Å². The Morgan fingerprint density at radius 2 is 2.18 bits per heavy atom. The number of rotatable bonds is 4. The van der Waals surface area contributed by atoms with E-state index in [9.17, 15) is 18.8 Å². The first-order valence-electron chi connectivity index (χ1n) is 4.50. The Labute approximate surface area is 95.5 Å². The number of amides is 3. The number of benzene rings is 1. The summed E-state index contributed by atoms with van der Waals surface area (Å²) < 4.78 is 18.0. The molecule has 90 valence electrons. The van der Waals surface area contributed by atoms with Gasteiger partial charge < -0.3 is 10.5 Å². The molecule has 0 saturated heterocycles. The molecule has 1 aromatic rings. The Hall–Kier alpha value is -2.44. The van der Waals surface area contributed by atoms with Gasteiger partial charge in [-0.25, -0.2) is 9.18 Å². The standard InChI is InChI=1S/C10H9FN2O4/c11-7-3-1-2-6(4-14)9(7)17-5-8(15)13-10(12)16/h1-4H,5H2,(H3,12,13,15,16). The third-order valence-corrected chi connectivity index (χ3v) is 1.73. The number of carbonyl (C=O) groups is 3. The average Bonchev–Trinajstić information content (AvgIpc) is 2.26. The second-order valence-corrected chi connectivity index (χ2v) is 2.98. The zero-order valence-electron chi connectivity index (χ0n) is 8.60. The van der Waals surface area contributed by atoms with E-state index < -0.39 is 24.4 Å². The van der Waals surface area contributed by atoms with E-state index in [1.807, 2.05) is 0 Å². The molecule has 6 nitrogen and oxygen atoms in total. The van der Waals surface area contributed by atoms with Crippen molar-refractivity contribution in [1.82, 2.24) is 5.32 Å². The third-order valence-electron chi connectivity index (χ3n) is 1.73. The Morgan fingerprint density at radius 3 is 2.76 bits per heavy atom. The van der Waals surface area contributed by atoms with Gasteiger partial charge in [0.1, 0.15) is 0 Å². The van der Waals surface area contributed by atoms with Gasteiger partial charge in [0.15, 0.2) is 24.5 Å². The molecule has 3 N–H and O–H groups in total. The van der Waals surface area contributed by atoms with Gasteiger partial charge in [-0.05, 0) is 12.1 Å². The lowest BCUT2D eigenvalue weighted by atomic mass is 10.2. The summed E-state index contributed by atoms with van der Waals surface area (Å²) in [5, 5.41) is 1.73. The van der Waals surface area contributed by atoms with Crippen molar-refractivity contribution in [3.05, 3.63) is 29.6 Å². The number of hydrogen-bond acceptors (Lipinski definition) is 4. The molecular formula is C10H9FN2O4. The molecule has 0 bridgehead atoms. The van der Waals surface area contributed by atoms with Crippen LogP contribution in [0.1, 0.15) is 10.4 Å². The molecule has 1 aromatic carbocycles.